The molecule has 0 radical (unpaired) electrons. The molecule has 4 aromatic rings. The molecule has 0 saturated heterocycles. The third kappa shape index (κ3) is 3.61. The van der Waals surface area contributed by atoms with Gasteiger partial charge in [0.1, 0.15) is 11.5 Å². The van der Waals surface area contributed by atoms with Crippen LogP contribution in [0.25, 0.3) is 32.7 Å². The van der Waals surface area contributed by atoms with Crippen molar-refractivity contribution in [2.75, 3.05) is 13.2 Å². The highest BCUT2D eigenvalue weighted by Gasteiger charge is 2.23. The van der Waals surface area contributed by atoms with Gasteiger partial charge in [0.25, 0.3) is 0 Å². The maximum Gasteiger partial charge on any atom is 0.129 e. The number of nitriles is 4. The molecule has 6 heteroatoms. The maximum absolute atomic E-state index is 9.81. The molecule has 0 fully saturated rings. The third-order valence-electron chi connectivity index (χ3n) is 5.55. The highest BCUT2D eigenvalue weighted by atomic mass is 16.5. The lowest BCUT2D eigenvalue weighted by atomic mass is 9.88. The molecular weight excluding hydrogens is 424 g/mol. The summed E-state index contributed by atoms with van der Waals surface area (Å²) in [6.45, 7) is 4.46. The molecule has 0 aliphatic heterocycles. The Bertz CT molecular complexity index is 1500. The van der Waals surface area contributed by atoms with Crippen LogP contribution in [0.2, 0.25) is 0 Å². The first kappa shape index (κ1) is 22.2. The van der Waals surface area contributed by atoms with Crippen molar-refractivity contribution in [3.05, 3.63) is 70.8 Å². The van der Waals surface area contributed by atoms with E-state index in [2.05, 4.69) is 24.3 Å². The number of hydrogen-bond acceptors (Lipinski definition) is 6. The second kappa shape index (κ2) is 9.22. The van der Waals surface area contributed by atoms with Crippen LogP contribution in [0.1, 0.15) is 36.1 Å². The molecule has 0 aliphatic rings. The van der Waals surface area contributed by atoms with E-state index in [1.165, 1.54) is 0 Å². The highest BCUT2D eigenvalue weighted by molar-refractivity contribution is 6.12. The van der Waals surface area contributed by atoms with Crippen molar-refractivity contribution in [2.45, 2.75) is 13.8 Å². The summed E-state index contributed by atoms with van der Waals surface area (Å²) in [6.07, 6.45) is 0. The van der Waals surface area contributed by atoms with Crippen molar-refractivity contribution >= 4 is 21.5 Å². The average molecular weight is 442 g/mol. The van der Waals surface area contributed by atoms with Gasteiger partial charge in [0.15, 0.2) is 0 Å². The normalized spacial score (nSPS) is 10.2. The second-order valence-electron chi connectivity index (χ2n) is 7.43. The Morgan fingerprint density at radius 2 is 0.971 bits per heavy atom. The van der Waals surface area contributed by atoms with Crippen molar-refractivity contribution in [1.29, 1.82) is 21.0 Å². The zero-order chi connectivity index (χ0) is 24.2. The number of fused-ring (bicyclic) bond motifs is 2. The lowest BCUT2D eigenvalue weighted by Gasteiger charge is -2.20. The van der Waals surface area contributed by atoms with Gasteiger partial charge in [0.2, 0.25) is 0 Å². The van der Waals surface area contributed by atoms with Crippen LogP contribution in [-0.4, -0.2) is 13.2 Å². The predicted molar refractivity (Wildman–Crippen MR) is 128 cm³/mol. The SMILES string of the molecule is CCOc1cc(C#N)c2cc(C#N)ccc2c1-c1c(OCC)cc(C#N)c2cc(C#N)ccc12. The molecule has 0 amide bonds. The first-order valence-electron chi connectivity index (χ1n) is 10.7. The Balaban J connectivity index is 2.26. The van der Waals surface area contributed by atoms with E-state index in [4.69, 9.17) is 9.47 Å². The molecule has 4 aromatic carbocycles. The van der Waals surface area contributed by atoms with Gasteiger partial charge >= 0.3 is 0 Å². The topological polar surface area (TPSA) is 114 Å². The molecule has 0 heterocycles. The van der Waals surface area contributed by atoms with Gasteiger partial charge in [-0.25, -0.2) is 0 Å². The lowest BCUT2D eigenvalue weighted by Crippen LogP contribution is -2.01. The minimum atomic E-state index is 0.371. The van der Waals surface area contributed by atoms with Crippen LogP contribution in [-0.2, 0) is 0 Å². The minimum Gasteiger partial charge on any atom is -0.493 e. The summed E-state index contributed by atoms with van der Waals surface area (Å²) < 4.78 is 12.0. The predicted octanol–water partition coefficient (Wildman–Crippen LogP) is 5.94. The summed E-state index contributed by atoms with van der Waals surface area (Å²) in [5.41, 5.74) is 3.05. The third-order valence-corrected chi connectivity index (χ3v) is 5.55. The number of rotatable bonds is 5. The van der Waals surface area contributed by atoms with Gasteiger partial charge in [-0.15, -0.1) is 0 Å². The Kier molecular flexibility index (Phi) is 6.01. The van der Waals surface area contributed by atoms with Crippen LogP contribution < -0.4 is 9.47 Å². The van der Waals surface area contributed by atoms with Gasteiger partial charge in [0, 0.05) is 21.9 Å². The van der Waals surface area contributed by atoms with E-state index in [9.17, 15) is 21.0 Å². The Labute approximate surface area is 197 Å². The fourth-order valence-corrected chi connectivity index (χ4v) is 4.18. The van der Waals surface area contributed by atoms with Gasteiger partial charge < -0.3 is 9.47 Å². The Morgan fingerprint density at radius 3 is 1.29 bits per heavy atom. The van der Waals surface area contributed by atoms with Gasteiger partial charge in [-0.2, -0.15) is 21.0 Å². The highest BCUT2D eigenvalue weighted by Crippen LogP contribution is 2.47. The summed E-state index contributed by atoms with van der Waals surface area (Å²) in [5.74, 6) is 0.986. The molecule has 0 unspecified atom stereocenters. The zero-order valence-electron chi connectivity index (χ0n) is 18.6. The van der Waals surface area contributed by atoms with Crippen molar-refractivity contribution in [1.82, 2.24) is 0 Å². The molecule has 162 valence electrons. The van der Waals surface area contributed by atoms with E-state index in [0.717, 1.165) is 10.8 Å². The standard InChI is InChI=1S/C28H18N4O2/c1-3-33-25-11-19(15-31)23-9-17(13-29)5-7-21(23)27(25)28-22-8-6-18(14-30)10-24(22)20(16-32)12-26(28)34-4-2/h5-12H,3-4H2,1-2H3. The van der Waals surface area contributed by atoms with Gasteiger partial charge in [-0.3, -0.25) is 0 Å². The Morgan fingerprint density at radius 1 is 0.559 bits per heavy atom. The quantitative estimate of drug-likeness (QED) is 0.378. The number of hydrogen-bond donors (Lipinski definition) is 0. The van der Waals surface area contributed by atoms with Crippen LogP contribution in [0.4, 0.5) is 0 Å². The molecular formula is C28H18N4O2. The smallest absolute Gasteiger partial charge is 0.129 e. The van der Waals surface area contributed by atoms with Gasteiger partial charge in [0.05, 0.1) is 59.7 Å². The van der Waals surface area contributed by atoms with Gasteiger partial charge in [-0.05, 0) is 61.0 Å². The van der Waals surface area contributed by atoms with Crippen LogP contribution in [0.15, 0.2) is 48.5 Å². The molecule has 6 nitrogen and oxygen atoms in total. The summed E-state index contributed by atoms with van der Waals surface area (Å²) in [7, 11) is 0. The maximum atomic E-state index is 9.81. The summed E-state index contributed by atoms with van der Waals surface area (Å²) in [6, 6.07) is 22.4. The number of nitrogens with zero attached hydrogens (tertiary/aromatic N) is 4. The van der Waals surface area contributed by atoms with Gasteiger partial charge in [-0.1, -0.05) is 12.1 Å². The molecule has 0 aliphatic carbocycles. The first-order valence-corrected chi connectivity index (χ1v) is 10.7. The largest absolute Gasteiger partial charge is 0.493 e. The van der Waals surface area contributed by atoms with E-state index in [1.54, 1.807) is 48.5 Å². The van der Waals surface area contributed by atoms with Crippen LogP contribution in [0.5, 0.6) is 11.5 Å². The summed E-state index contributed by atoms with van der Waals surface area (Å²) in [5, 5.41) is 41.1. The van der Waals surface area contributed by atoms with Crippen molar-refractivity contribution in [3.63, 3.8) is 0 Å². The van der Waals surface area contributed by atoms with E-state index >= 15 is 0 Å². The first-order chi connectivity index (χ1) is 16.6. The van der Waals surface area contributed by atoms with Crippen LogP contribution in [0, 0.1) is 45.3 Å². The van der Waals surface area contributed by atoms with Crippen molar-refractivity contribution in [2.24, 2.45) is 0 Å². The van der Waals surface area contributed by atoms with E-state index in [-0.39, 0.29) is 0 Å². The molecule has 0 N–H and O–H groups in total. The summed E-state index contributed by atoms with van der Waals surface area (Å²) in [4.78, 5) is 0. The fraction of sp³-hybridized carbons (Fsp3) is 0.143. The molecule has 0 saturated carbocycles. The van der Waals surface area contributed by atoms with Crippen molar-refractivity contribution < 1.29 is 9.47 Å². The second-order valence-corrected chi connectivity index (χ2v) is 7.43. The molecule has 4 rings (SSSR count). The zero-order valence-corrected chi connectivity index (χ0v) is 18.6. The molecule has 0 atom stereocenters. The molecule has 34 heavy (non-hydrogen) atoms. The van der Waals surface area contributed by atoms with E-state index < -0.39 is 0 Å². The van der Waals surface area contributed by atoms with E-state index in [1.807, 2.05) is 13.8 Å². The van der Waals surface area contributed by atoms with E-state index in [0.29, 0.717) is 68.9 Å². The molecule has 0 aromatic heterocycles. The van der Waals surface area contributed by atoms with Crippen LogP contribution >= 0.6 is 0 Å². The minimum absolute atomic E-state index is 0.371. The molecule has 0 spiro atoms. The van der Waals surface area contributed by atoms with Crippen LogP contribution in [0.3, 0.4) is 0 Å². The summed E-state index contributed by atoms with van der Waals surface area (Å²) >= 11 is 0. The Hall–Kier alpha value is -5.04. The molecule has 0 bridgehead atoms. The average Bonchev–Trinajstić information content (AvgIpc) is 2.87. The monoisotopic (exact) mass is 442 g/mol. The van der Waals surface area contributed by atoms with Crippen molar-refractivity contribution in [3.8, 4) is 46.9 Å². The number of benzene rings is 4. The fourth-order valence-electron chi connectivity index (χ4n) is 4.18. The number of ether oxygens (including phenoxy) is 2. The lowest BCUT2D eigenvalue weighted by molar-refractivity contribution is 0.337.